The zero-order valence-corrected chi connectivity index (χ0v) is 10.2. The molecule has 0 aliphatic heterocycles. The van der Waals surface area contributed by atoms with Crippen LogP contribution in [-0.2, 0) is 13.1 Å². The maximum Gasteiger partial charge on any atom is 0.118 e. The highest BCUT2D eigenvalue weighted by molar-refractivity contribution is 5.12. The fourth-order valence-electron chi connectivity index (χ4n) is 1.30. The summed E-state index contributed by atoms with van der Waals surface area (Å²) < 4.78 is 5.49. The quantitative estimate of drug-likeness (QED) is 0.780. The van der Waals surface area contributed by atoms with Crippen molar-refractivity contribution >= 4 is 0 Å². The Balaban J connectivity index is 2.42. The van der Waals surface area contributed by atoms with Gasteiger partial charge in [-0.15, -0.1) is 0 Å². The van der Waals surface area contributed by atoms with Gasteiger partial charge in [-0.2, -0.15) is 0 Å². The molecular weight excluding hydrogens is 188 g/mol. The first-order valence-corrected chi connectivity index (χ1v) is 5.60. The third kappa shape index (κ3) is 4.49. The molecule has 0 aliphatic carbocycles. The second-order valence-corrected chi connectivity index (χ2v) is 4.29. The van der Waals surface area contributed by atoms with Gasteiger partial charge in [0.15, 0.2) is 0 Å². The summed E-state index contributed by atoms with van der Waals surface area (Å²) in [7, 11) is 2.09. The molecule has 0 bridgehead atoms. The van der Waals surface area contributed by atoms with Gasteiger partial charge in [0.1, 0.15) is 5.76 Å². The lowest BCUT2D eigenvalue weighted by Crippen LogP contribution is -2.21. The molecule has 86 valence electrons. The number of nitrogens with zero attached hydrogens (tertiary/aromatic N) is 1. The molecular formula is C12H22N2O. The van der Waals surface area contributed by atoms with Crippen LogP contribution in [0, 0.1) is 0 Å². The van der Waals surface area contributed by atoms with Crippen LogP contribution in [-0.4, -0.2) is 24.5 Å². The average molecular weight is 210 g/mol. The van der Waals surface area contributed by atoms with Crippen molar-refractivity contribution in [2.75, 3.05) is 13.6 Å². The van der Waals surface area contributed by atoms with E-state index >= 15 is 0 Å². The Morgan fingerprint density at radius 3 is 2.80 bits per heavy atom. The Bertz CT molecular complexity index is 281. The molecule has 0 radical (unpaired) electrons. The number of hydrogen-bond donors (Lipinski definition) is 1. The highest BCUT2D eigenvalue weighted by Gasteiger charge is 2.04. The van der Waals surface area contributed by atoms with Gasteiger partial charge < -0.3 is 9.73 Å². The first-order chi connectivity index (χ1) is 7.11. The SMILES string of the molecule is CCN(C)Cc1cc(CNC(C)C)co1. The van der Waals surface area contributed by atoms with E-state index in [1.54, 1.807) is 0 Å². The molecule has 3 nitrogen and oxygen atoms in total. The van der Waals surface area contributed by atoms with Crippen molar-refractivity contribution < 1.29 is 4.42 Å². The lowest BCUT2D eigenvalue weighted by atomic mass is 10.3. The van der Waals surface area contributed by atoms with Crippen molar-refractivity contribution in [3.63, 3.8) is 0 Å². The molecule has 0 aromatic carbocycles. The Morgan fingerprint density at radius 2 is 2.20 bits per heavy atom. The molecule has 0 saturated heterocycles. The standard InChI is InChI=1S/C12H22N2O/c1-5-14(4)8-12-6-11(9-15-12)7-13-10(2)3/h6,9-10,13H,5,7-8H2,1-4H3. The third-order valence-corrected chi connectivity index (χ3v) is 2.39. The van der Waals surface area contributed by atoms with Crippen molar-refractivity contribution in [1.82, 2.24) is 10.2 Å². The maximum absolute atomic E-state index is 5.49. The van der Waals surface area contributed by atoms with Crippen molar-refractivity contribution in [2.24, 2.45) is 0 Å². The van der Waals surface area contributed by atoms with Crippen LogP contribution in [0.5, 0.6) is 0 Å². The van der Waals surface area contributed by atoms with Crippen molar-refractivity contribution in [1.29, 1.82) is 0 Å². The molecule has 0 saturated carbocycles. The first kappa shape index (κ1) is 12.3. The van der Waals surface area contributed by atoms with Gasteiger partial charge in [0, 0.05) is 18.2 Å². The second kappa shape index (κ2) is 5.93. The summed E-state index contributed by atoms with van der Waals surface area (Å²) in [6.07, 6.45) is 1.84. The summed E-state index contributed by atoms with van der Waals surface area (Å²) in [5, 5.41) is 3.37. The number of hydrogen-bond acceptors (Lipinski definition) is 3. The summed E-state index contributed by atoms with van der Waals surface area (Å²) in [5.74, 6) is 1.04. The topological polar surface area (TPSA) is 28.4 Å². The van der Waals surface area contributed by atoms with E-state index in [-0.39, 0.29) is 0 Å². The third-order valence-electron chi connectivity index (χ3n) is 2.39. The second-order valence-electron chi connectivity index (χ2n) is 4.29. The summed E-state index contributed by atoms with van der Waals surface area (Å²) in [6, 6.07) is 2.64. The maximum atomic E-state index is 5.49. The van der Waals surface area contributed by atoms with Crippen LogP contribution >= 0.6 is 0 Å². The predicted molar refractivity (Wildman–Crippen MR) is 62.7 cm³/mol. The minimum Gasteiger partial charge on any atom is -0.468 e. The number of nitrogens with one attached hydrogen (secondary N) is 1. The normalized spacial score (nSPS) is 11.6. The van der Waals surface area contributed by atoms with Gasteiger partial charge in [-0.05, 0) is 19.7 Å². The van der Waals surface area contributed by atoms with E-state index in [0.717, 1.165) is 25.4 Å². The van der Waals surface area contributed by atoms with Crippen LogP contribution in [0.2, 0.25) is 0 Å². The van der Waals surface area contributed by atoms with Crippen LogP contribution in [0.1, 0.15) is 32.1 Å². The molecule has 1 heterocycles. The Hall–Kier alpha value is -0.800. The van der Waals surface area contributed by atoms with Gasteiger partial charge in [-0.25, -0.2) is 0 Å². The molecule has 0 fully saturated rings. The molecule has 1 rings (SSSR count). The van der Waals surface area contributed by atoms with E-state index in [1.807, 2.05) is 6.26 Å². The highest BCUT2D eigenvalue weighted by Crippen LogP contribution is 2.09. The van der Waals surface area contributed by atoms with Crippen molar-refractivity contribution in [3.8, 4) is 0 Å². The van der Waals surface area contributed by atoms with E-state index < -0.39 is 0 Å². The van der Waals surface area contributed by atoms with Gasteiger partial charge >= 0.3 is 0 Å². The summed E-state index contributed by atoms with van der Waals surface area (Å²) in [5.41, 5.74) is 1.23. The van der Waals surface area contributed by atoms with Gasteiger partial charge in [0.25, 0.3) is 0 Å². The van der Waals surface area contributed by atoms with Crippen LogP contribution in [0.3, 0.4) is 0 Å². The van der Waals surface area contributed by atoms with Crippen LogP contribution < -0.4 is 5.32 Å². The van der Waals surface area contributed by atoms with Crippen LogP contribution in [0.15, 0.2) is 16.7 Å². The number of furan rings is 1. The number of rotatable bonds is 6. The van der Waals surface area contributed by atoms with E-state index in [4.69, 9.17) is 4.42 Å². The fourth-order valence-corrected chi connectivity index (χ4v) is 1.30. The lowest BCUT2D eigenvalue weighted by molar-refractivity contribution is 0.309. The van der Waals surface area contributed by atoms with Gasteiger partial charge in [-0.1, -0.05) is 20.8 Å². The van der Waals surface area contributed by atoms with Crippen LogP contribution in [0.4, 0.5) is 0 Å². The molecule has 15 heavy (non-hydrogen) atoms. The monoisotopic (exact) mass is 210 g/mol. The molecule has 3 heteroatoms. The molecule has 0 unspecified atom stereocenters. The first-order valence-electron chi connectivity index (χ1n) is 5.60. The summed E-state index contributed by atoms with van der Waals surface area (Å²) in [4.78, 5) is 2.22. The van der Waals surface area contributed by atoms with Crippen molar-refractivity contribution in [2.45, 2.75) is 39.9 Å². The molecule has 0 amide bonds. The van der Waals surface area contributed by atoms with Gasteiger partial charge in [0.2, 0.25) is 0 Å². The average Bonchev–Trinajstić information content (AvgIpc) is 2.62. The van der Waals surface area contributed by atoms with Crippen molar-refractivity contribution in [3.05, 3.63) is 23.7 Å². The Kier molecular flexibility index (Phi) is 4.85. The van der Waals surface area contributed by atoms with E-state index in [0.29, 0.717) is 6.04 Å². The van der Waals surface area contributed by atoms with E-state index in [1.165, 1.54) is 5.56 Å². The largest absolute Gasteiger partial charge is 0.468 e. The molecule has 0 atom stereocenters. The van der Waals surface area contributed by atoms with E-state index in [2.05, 4.69) is 44.1 Å². The summed E-state index contributed by atoms with van der Waals surface area (Å²) >= 11 is 0. The van der Waals surface area contributed by atoms with Crippen LogP contribution in [0.25, 0.3) is 0 Å². The summed E-state index contributed by atoms with van der Waals surface area (Å²) in [6.45, 7) is 9.25. The van der Waals surface area contributed by atoms with Gasteiger partial charge in [-0.3, -0.25) is 4.90 Å². The molecule has 1 aromatic heterocycles. The highest BCUT2D eigenvalue weighted by atomic mass is 16.3. The van der Waals surface area contributed by atoms with E-state index in [9.17, 15) is 0 Å². The zero-order chi connectivity index (χ0) is 11.3. The Morgan fingerprint density at radius 1 is 1.47 bits per heavy atom. The molecule has 0 aliphatic rings. The zero-order valence-electron chi connectivity index (χ0n) is 10.2. The minimum atomic E-state index is 0.515. The lowest BCUT2D eigenvalue weighted by Gasteiger charge is -2.10. The van der Waals surface area contributed by atoms with Gasteiger partial charge in [0.05, 0.1) is 12.8 Å². The smallest absolute Gasteiger partial charge is 0.118 e. The molecule has 1 aromatic rings. The minimum absolute atomic E-state index is 0.515. The predicted octanol–water partition coefficient (Wildman–Crippen LogP) is 2.23. The molecule has 1 N–H and O–H groups in total. The Labute approximate surface area is 92.5 Å². The fraction of sp³-hybridized carbons (Fsp3) is 0.667. The molecule has 0 spiro atoms.